The third kappa shape index (κ3) is 5.63. The summed E-state index contributed by atoms with van der Waals surface area (Å²) in [6.07, 6.45) is 1.60. The summed E-state index contributed by atoms with van der Waals surface area (Å²) < 4.78 is 8.81. The van der Waals surface area contributed by atoms with Crippen LogP contribution in [0.3, 0.4) is 0 Å². The molecule has 0 aliphatic heterocycles. The monoisotopic (exact) mass is 252 g/mol. The maximum atomic E-state index is 10.9. The Labute approximate surface area is 86.0 Å². The van der Waals surface area contributed by atoms with Gasteiger partial charge in [-0.25, -0.2) is 0 Å². The summed E-state index contributed by atoms with van der Waals surface area (Å²) in [6.45, 7) is 1.75. The molecule has 0 spiro atoms. The molecule has 0 saturated carbocycles. The zero-order chi connectivity index (χ0) is 10.3. The number of ether oxygens (including phenoxy) is 1. The van der Waals surface area contributed by atoms with Crippen molar-refractivity contribution in [3.05, 3.63) is 0 Å². The van der Waals surface area contributed by atoms with Gasteiger partial charge in [0.25, 0.3) is 0 Å². The average Bonchev–Trinajstić information content (AvgIpc) is 2.15. The quantitative estimate of drug-likeness (QED) is 0.701. The van der Waals surface area contributed by atoms with Gasteiger partial charge in [0.05, 0.1) is 13.0 Å². The van der Waals surface area contributed by atoms with Crippen LogP contribution in [0.4, 0.5) is 0 Å². The van der Waals surface area contributed by atoms with Gasteiger partial charge in [0, 0.05) is 6.42 Å². The second kappa shape index (κ2) is 6.88. The van der Waals surface area contributed by atoms with Gasteiger partial charge in [0.15, 0.2) is 16.3 Å². The highest BCUT2D eigenvalue weighted by molar-refractivity contribution is 9.06. The van der Waals surface area contributed by atoms with Crippen LogP contribution in [0.15, 0.2) is 0 Å². The Bertz CT molecular complexity index is 181. The van der Waals surface area contributed by atoms with Crippen LogP contribution in [0.25, 0.3) is 0 Å². The second-order valence-electron chi connectivity index (χ2n) is 2.77. The van der Waals surface area contributed by atoms with E-state index in [1.165, 1.54) is 7.11 Å². The number of esters is 1. The predicted octanol–water partition coefficient (Wildman–Crippen LogP) is 1.82. The van der Waals surface area contributed by atoms with Crippen molar-refractivity contribution in [2.45, 2.75) is 26.2 Å². The highest BCUT2D eigenvalue weighted by Gasteiger charge is 2.13. The standard InChI is InChI=1S/C8H13BrO4/c1-6(8(11)13-9)4-3-5-7(10)12-2/h6H,3-5H2,1-2H3. The molecule has 0 fully saturated rings. The van der Waals surface area contributed by atoms with E-state index in [1.807, 2.05) is 0 Å². The number of rotatable bonds is 5. The summed E-state index contributed by atoms with van der Waals surface area (Å²) in [6, 6.07) is 0. The third-order valence-corrected chi connectivity index (χ3v) is 2.04. The molecular weight excluding hydrogens is 240 g/mol. The Morgan fingerprint density at radius 1 is 1.46 bits per heavy atom. The number of halogens is 1. The van der Waals surface area contributed by atoms with Crippen LogP contribution in [0.5, 0.6) is 0 Å². The first-order chi connectivity index (χ1) is 6.11. The van der Waals surface area contributed by atoms with Crippen LogP contribution in [0.2, 0.25) is 0 Å². The molecule has 0 aromatic carbocycles. The molecule has 0 rings (SSSR count). The predicted molar refractivity (Wildman–Crippen MR) is 50.1 cm³/mol. The lowest BCUT2D eigenvalue weighted by atomic mass is 10.0. The van der Waals surface area contributed by atoms with Crippen molar-refractivity contribution in [1.82, 2.24) is 0 Å². The zero-order valence-corrected chi connectivity index (χ0v) is 9.30. The van der Waals surface area contributed by atoms with E-state index in [1.54, 1.807) is 6.92 Å². The van der Waals surface area contributed by atoms with Crippen molar-refractivity contribution < 1.29 is 18.2 Å². The molecular formula is C8H13BrO4. The van der Waals surface area contributed by atoms with E-state index in [0.29, 0.717) is 19.3 Å². The molecule has 0 aliphatic carbocycles. The molecule has 0 N–H and O–H groups in total. The van der Waals surface area contributed by atoms with Gasteiger partial charge in [-0.05, 0) is 12.8 Å². The topological polar surface area (TPSA) is 52.6 Å². The van der Waals surface area contributed by atoms with Crippen molar-refractivity contribution in [3.63, 3.8) is 0 Å². The minimum Gasteiger partial charge on any atom is -0.469 e. The molecule has 13 heavy (non-hydrogen) atoms. The molecule has 4 nitrogen and oxygen atoms in total. The van der Waals surface area contributed by atoms with Gasteiger partial charge in [0.2, 0.25) is 0 Å². The first-order valence-electron chi connectivity index (χ1n) is 4.01. The van der Waals surface area contributed by atoms with Crippen LogP contribution < -0.4 is 0 Å². The molecule has 1 unspecified atom stereocenters. The fourth-order valence-corrected chi connectivity index (χ4v) is 1.17. The Morgan fingerprint density at radius 3 is 2.54 bits per heavy atom. The van der Waals surface area contributed by atoms with E-state index in [4.69, 9.17) is 0 Å². The lowest BCUT2D eigenvalue weighted by molar-refractivity contribution is -0.141. The maximum Gasteiger partial charge on any atom is 0.320 e. The van der Waals surface area contributed by atoms with Crippen molar-refractivity contribution in [1.29, 1.82) is 0 Å². The second-order valence-corrected chi connectivity index (χ2v) is 3.09. The van der Waals surface area contributed by atoms with Crippen molar-refractivity contribution >= 4 is 28.2 Å². The molecule has 0 radical (unpaired) electrons. The van der Waals surface area contributed by atoms with Gasteiger partial charge in [-0.3, -0.25) is 9.59 Å². The number of hydrogen-bond acceptors (Lipinski definition) is 4. The van der Waals surface area contributed by atoms with E-state index >= 15 is 0 Å². The minimum absolute atomic E-state index is 0.191. The summed E-state index contributed by atoms with van der Waals surface area (Å²) in [5.74, 6) is -0.756. The molecule has 76 valence electrons. The highest BCUT2D eigenvalue weighted by atomic mass is 79.9. The van der Waals surface area contributed by atoms with E-state index in [9.17, 15) is 9.59 Å². The van der Waals surface area contributed by atoms with Crippen LogP contribution in [0.1, 0.15) is 26.2 Å². The van der Waals surface area contributed by atoms with E-state index in [-0.39, 0.29) is 17.9 Å². The summed E-state index contributed by atoms with van der Waals surface area (Å²) in [4.78, 5) is 21.6. The van der Waals surface area contributed by atoms with Crippen LogP contribution >= 0.6 is 16.3 Å². The van der Waals surface area contributed by atoms with Gasteiger partial charge in [-0.15, -0.1) is 0 Å². The molecule has 1 atom stereocenters. The minimum atomic E-state index is -0.315. The highest BCUT2D eigenvalue weighted by Crippen LogP contribution is 2.11. The third-order valence-electron chi connectivity index (χ3n) is 1.72. The molecule has 0 aromatic rings. The first-order valence-corrected chi connectivity index (χ1v) is 4.65. The lowest BCUT2D eigenvalue weighted by Crippen LogP contribution is -2.11. The van der Waals surface area contributed by atoms with Gasteiger partial charge in [0.1, 0.15) is 0 Å². The largest absolute Gasteiger partial charge is 0.469 e. The van der Waals surface area contributed by atoms with Crippen LogP contribution in [-0.4, -0.2) is 19.0 Å². The zero-order valence-electron chi connectivity index (χ0n) is 7.71. The maximum absolute atomic E-state index is 10.9. The summed E-state index contributed by atoms with van der Waals surface area (Å²) >= 11 is 2.61. The van der Waals surface area contributed by atoms with Crippen LogP contribution in [0, 0.1) is 5.92 Å². The Hall–Kier alpha value is -0.580. The van der Waals surface area contributed by atoms with Crippen molar-refractivity contribution in [2.75, 3.05) is 7.11 Å². The summed E-state index contributed by atoms with van der Waals surface area (Å²) in [7, 11) is 1.35. The van der Waals surface area contributed by atoms with Crippen molar-refractivity contribution in [2.24, 2.45) is 5.92 Å². The van der Waals surface area contributed by atoms with E-state index < -0.39 is 0 Å². The number of hydrogen-bond donors (Lipinski definition) is 0. The van der Waals surface area contributed by atoms with E-state index in [2.05, 4.69) is 24.8 Å². The molecule has 0 bridgehead atoms. The average molecular weight is 253 g/mol. The molecule has 5 heteroatoms. The van der Waals surface area contributed by atoms with Crippen LogP contribution in [-0.2, 0) is 18.2 Å². The van der Waals surface area contributed by atoms with Gasteiger partial charge in [-0.1, -0.05) is 6.92 Å². The molecule has 0 aliphatic rings. The molecule has 0 heterocycles. The lowest BCUT2D eigenvalue weighted by Gasteiger charge is -2.06. The fourth-order valence-electron chi connectivity index (χ4n) is 0.849. The molecule has 0 aromatic heterocycles. The van der Waals surface area contributed by atoms with Gasteiger partial charge >= 0.3 is 11.9 Å². The normalized spacial score (nSPS) is 11.9. The molecule has 0 saturated heterocycles. The summed E-state index contributed by atoms with van der Waals surface area (Å²) in [5, 5.41) is 0. The summed E-state index contributed by atoms with van der Waals surface area (Å²) in [5.41, 5.74) is 0. The van der Waals surface area contributed by atoms with Crippen molar-refractivity contribution in [3.8, 4) is 0 Å². The fraction of sp³-hybridized carbons (Fsp3) is 0.750. The smallest absolute Gasteiger partial charge is 0.320 e. The SMILES string of the molecule is COC(=O)CCCC(C)C(=O)OBr. The van der Waals surface area contributed by atoms with Gasteiger partial charge in [-0.2, -0.15) is 0 Å². The van der Waals surface area contributed by atoms with E-state index in [0.717, 1.165) is 0 Å². The Morgan fingerprint density at radius 2 is 2.08 bits per heavy atom. The Balaban J connectivity index is 3.53. The number of carbonyl (C=O) groups excluding carboxylic acids is 2. The number of methoxy groups -OCH3 is 1. The first kappa shape index (κ1) is 12.4. The Kier molecular flexibility index (Phi) is 6.58. The van der Waals surface area contributed by atoms with Gasteiger partial charge < -0.3 is 8.57 Å². The number of carbonyl (C=O) groups is 2. The molecule has 0 amide bonds.